The Morgan fingerprint density at radius 3 is 2.62 bits per heavy atom. The van der Waals surface area contributed by atoms with Crippen molar-refractivity contribution in [3.05, 3.63) is 82.7 Å². The minimum absolute atomic E-state index is 0.168. The number of anilines is 2. The van der Waals surface area contributed by atoms with Crippen LogP contribution in [0.25, 0.3) is 0 Å². The number of hydrogen-bond acceptors (Lipinski definition) is 4. The summed E-state index contributed by atoms with van der Waals surface area (Å²) in [5.41, 5.74) is 2.38. The molecule has 0 unspecified atom stereocenters. The van der Waals surface area contributed by atoms with Crippen molar-refractivity contribution in [1.82, 2.24) is 15.3 Å². The summed E-state index contributed by atoms with van der Waals surface area (Å²) in [5.74, 6) is 0.504. The average molecular weight is 383 g/mol. The summed E-state index contributed by atoms with van der Waals surface area (Å²) in [5, 5.41) is 6.04. The summed E-state index contributed by atoms with van der Waals surface area (Å²) in [4.78, 5) is 20.4. The van der Waals surface area contributed by atoms with E-state index in [1.54, 1.807) is 30.7 Å². The minimum Gasteiger partial charge on any atom is -0.348 e. The fourth-order valence-electron chi connectivity index (χ4n) is 2.09. The van der Waals surface area contributed by atoms with E-state index in [0.717, 1.165) is 15.7 Å². The second-order valence-corrected chi connectivity index (χ2v) is 5.94. The van der Waals surface area contributed by atoms with Crippen LogP contribution in [0.1, 0.15) is 15.9 Å². The summed E-state index contributed by atoms with van der Waals surface area (Å²) >= 11 is 3.47. The highest BCUT2D eigenvalue weighted by Gasteiger charge is 2.07. The predicted molar refractivity (Wildman–Crippen MR) is 97.1 cm³/mol. The topological polar surface area (TPSA) is 66.9 Å². The van der Waals surface area contributed by atoms with Crippen LogP contribution in [-0.2, 0) is 6.54 Å². The Labute approximate surface area is 148 Å². The number of carbonyl (C=O) groups is 1. The number of carbonyl (C=O) groups excluding carboxylic acids is 1. The van der Waals surface area contributed by atoms with Gasteiger partial charge in [-0.05, 0) is 51.8 Å². The van der Waals surface area contributed by atoms with E-state index in [1.165, 1.54) is 0 Å². The zero-order valence-corrected chi connectivity index (χ0v) is 14.3. The van der Waals surface area contributed by atoms with Gasteiger partial charge in [0.2, 0.25) is 0 Å². The zero-order chi connectivity index (χ0) is 16.8. The van der Waals surface area contributed by atoms with Crippen molar-refractivity contribution in [3.63, 3.8) is 0 Å². The third-order valence-electron chi connectivity index (χ3n) is 3.34. The van der Waals surface area contributed by atoms with Crippen molar-refractivity contribution in [3.8, 4) is 0 Å². The smallest absolute Gasteiger partial charge is 0.253 e. The Kier molecular flexibility index (Phi) is 5.18. The first-order chi connectivity index (χ1) is 11.7. The number of rotatable bonds is 5. The van der Waals surface area contributed by atoms with Gasteiger partial charge in [0.25, 0.3) is 5.91 Å². The molecule has 2 heterocycles. The molecule has 6 heteroatoms. The lowest BCUT2D eigenvalue weighted by molar-refractivity contribution is 0.0950. The lowest BCUT2D eigenvalue weighted by atomic mass is 10.2. The normalized spacial score (nSPS) is 10.2. The Morgan fingerprint density at radius 1 is 1.04 bits per heavy atom. The van der Waals surface area contributed by atoms with Crippen LogP contribution >= 0.6 is 15.9 Å². The number of halogens is 1. The lowest BCUT2D eigenvalue weighted by Gasteiger charge is -2.08. The van der Waals surface area contributed by atoms with Gasteiger partial charge in [-0.1, -0.05) is 18.2 Å². The molecular formula is C18H15BrN4O. The first-order valence-corrected chi connectivity index (χ1v) is 8.16. The van der Waals surface area contributed by atoms with Crippen LogP contribution in [0.3, 0.4) is 0 Å². The molecule has 1 amide bonds. The van der Waals surface area contributed by atoms with Crippen LogP contribution in [0.15, 0.2) is 71.6 Å². The zero-order valence-electron chi connectivity index (χ0n) is 12.7. The van der Waals surface area contributed by atoms with E-state index in [9.17, 15) is 4.79 Å². The summed E-state index contributed by atoms with van der Waals surface area (Å²) in [6.07, 6.45) is 4.98. The number of para-hydroxylation sites is 1. The van der Waals surface area contributed by atoms with Crippen LogP contribution in [0, 0.1) is 0 Å². The highest BCUT2D eigenvalue weighted by molar-refractivity contribution is 9.10. The summed E-state index contributed by atoms with van der Waals surface area (Å²) in [7, 11) is 0. The first kappa shape index (κ1) is 16.1. The van der Waals surface area contributed by atoms with Crippen LogP contribution in [0.5, 0.6) is 0 Å². The number of amides is 1. The van der Waals surface area contributed by atoms with E-state index in [4.69, 9.17) is 0 Å². The average Bonchev–Trinajstić information content (AvgIpc) is 2.63. The van der Waals surface area contributed by atoms with Crippen molar-refractivity contribution in [2.24, 2.45) is 0 Å². The number of pyridine rings is 2. The first-order valence-electron chi connectivity index (χ1n) is 7.37. The van der Waals surface area contributed by atoms with Crippen LogP contribution in [-0.4, -0.2) is 15.9 Å². The molecule has 0 bridgehead atoms. The van der Waals surface area contributed by atoms with Gasteiger partial charge in [0, 0.05) is 29.6 Å². The fraction of sp³-hybridized carbons (Fsp3) is 0.0556. The largest absolute Gasteiger partial charge is 0.348 e. The highest BCUT2D eigenvalue weighted by Crippen LogP contribution is 2.24. The molecular weight excluding hydrogens is 368 g/mol. The van der Waals surface area contributed by atoms with E-state index in [-0.39, 0.29) is 5.91 Å². The van der Waals surface area contributed by atoms with Crippen LogP contribution in [0.4, 0.5) is 11.5 Å². The van der Waals surface area contributed by atoms with Crippen molar-refractivity contribution in [2.45, 2.75) is 6.54 Å². The fourth-order valence-corrected chi connectivity index (χ4v) is 2.47. The maximum absolute atomic E-state index is 12.1. The molecule has 0 atom stereocenters. The SMILES string of the molecule is O=C(NCc1cccnc1)c1ccc(Nc2ccccc2Br)nc1. The second kappa shape index (κ2) is 7.70. The Balaban J connectivity index is 1.61. The molecule has 120 valence electrons. The van der Waals surface area contributed by atoms with E-state index in [1.807, 2.05) is 36.4 Å². The maximum atomic E-state index is 12.1. The third kappa shape index (κ3) is 4.17. The van der Waals surface area contributed by atoms with Gasteiger partial charge in [0.15, 0.2) is 0 Å². The molecule has 0 aliphatic heterocycles. The second-order valence-electron chi connectivity index (χ2n) is 5.08. The van der Waals surface area contributed by atoms with Crippen LogP contribution in [0.2, 0.25) is 0 Å². The molecule has 1 aromatic carbocycles. The van der Waals surface area contributed by atoms with Gasteiger partial charge >= 0.3 is 0 Å². The minimum atomic E-state index is -0.168. The molecule has 3 rings (SSSR count). The molecule has 0 spiro atoms. The van der Waals surface area contributed by atoms with Crippen molar-refractivity contribution >= 4 is 33.3 Å². The molecule has 0 saturated heterocycles. The standard InChI is InChI=1S/C18H15BrN4O/c19-15-5-1-2-6-16(15)23-17-8-7-14(12-21-17)18(24)22-11-13-4-3-9-20-10-13/h1-10,12H,11H2,(H,21,23)(H,22,24). The van der Waals surface area contributed by atoms with E-state index < -0.39 is 0 Å². The van der Waals surface area contributed by atoms with Gasteiger partial charge in [-0.3, -0.25) is 9.78 Å². The Hall–Kier alpha value is -2.73. The molecule has 0 aliphatic rings. The number of nitrogens with one attached hydrogen (secondary N) is 2. The van der Waals surface area contributed by atoms with Gasteiger partial charge in [-0.15, -0.1) is 0 Å². The molecule has 2 aromatic heterocycles. The lowest BCUT2D eigenvalue weighted by Crippen LogP contribution is -2.22. The Morgan fingerprint density at radius 2 is 1.92 bits per heavy atom. The van der Waals surface area contributed by atoms with Gasteiger partial charge in [-0.2, -0.15) is 0 Å². The van der Waals surface area contributed by atoms with Crippen molar-refractivity contribution in [2.75, 3.05) is 5.32 Å². The van der Waals surface area contributed by atoms with Gasteiger partial charge in [-0.25, -0.2) is 4.98 Å². The summed E-state index contributed by atoms with van der Waals surface area (Å²) in [6.45, 7) is 0.434. The monoisotopic (exact) mass is 382 g/mol. The quantitative estimate of drug-likeness (QED) is 0.701. The summed E-state index contributed by atoms with van der Waals surface area (Å²) in [6, 6.07) is 15.0. The molecule has 0 aliphatic carbocycles. The van der Waals surface area contributed by atoms with Crippen molar-refractivity contribution in [1.29, 1.82) is 0 Å². The van der Waals surface area contributed by atoms with E-state index in [2.05, 4.69) is 36.5 Å². The molecule has 0 saturated carbocycles. The molecule has 2 N–H and O–H groups in total. The molecule has 24 heavy (non-hydrogen) atoms. The number of benzene rings is 1. The maximum Gasteiger partial charge on any atom is 0.253 e. The Bertz CT molecular complexity index is 822. The molecule has 0 radical (unpaired) electrons. The van der Waals surface area contributed by atoms with Gasteiger partial charge in [0.05, 0.1) is 11.3 Å². The van der Waals surface area contributed by atoms with E-state index >= 15 is 0 Å². The summed E-state index contributed by atoms with van der Waals surface area (Å²) < 4.78 is 0.949. The third-order valence-corrected chi connectivity index (χ3v) is 4.03. The van der Waals surface area contributed by atoms with E-state index in [0.29, 0.717) is 17.9 Å². The highest BCUT2D eigenvalue weighted by atomic mass is 79.9. The van der Waals surface area contributed by atoms with Gasteiger partial charge in [0.1, 0.15) is 5.82 Å². The molecule has 0 fully saturated rings. The molecule has 3 aromatic rings. The van der Waals surface area contributed by atoms with Crippen LogP contribution < -0.4 is 10.6 Å². The predicted octanol–water partition coefficient (Wildman–Crippen LogP) is 3.91. The number of aromatic nitrogens is 2. The number of hydrogen-bond donors (Lipinski definition) is 2. The van der Waals surface area contributed by atoms with Crippen molar-refractivity contribution < 1.29 is 4.79 Å². The van der Waals surface area contributed by atoms with Gasteiger partial charge < -0.3 is 10.6 Å². The molecule has 5 nitrogen and oxygen atoms in total. The number of nitrogens with zero attached hydrogens (tertiary/aromatic N) is 2.